The van der Waals surface area contributed by atoms with Crippen molar-refractivity contribution in [3.05, 3.63) is 29.8 Å². The van der Waals surface area contributed by atoms with Gasteiger partial charge < -0.3 is 15.2 Å². The fraction of sp³-hybridized carbons (Fsp3) is 0.571. The monoisotopic (exact) mass is 235 g/mol. The lowest BCUT2D eigenvalue weighted by molar-refractivity contribution is 0.0442. The Morgan fingerprint density at radius 1 is 1.29 bits per heavy atom. The number of nitrogens with one attached hydrogen (secondary N) is 1. The van der Waals surface area contributed by atoms with Crippen LogP contribution in [-0.2, 0) is 0 Å². The first kappa shape index (κ1) is 12.4. The van der Waals surface area contributed by atoms with Gasteiger partial charge in [-0.1, -0.05) is 17.7 Å². The molecule has 0 saturated carbocycles. The average Bonchev–Trinajstić information content (AvgIpc) is 2.39. The van der Waals surface area contributed by atoms with Gasteiger partial charge >= 0.3 is 0 Å². The average molecular weight is 235 g/mol. The first-order valence-electron chi connectivity index (χ1n) is 6.34. The summed E-state index contributed by atoms with van der Waals surface area (Å²) in [6.45, 7) is 4.46. The Labute approximate surface area is 103 Å². The predicted octanol–water partition coefficient (Wildman–Crippen LogP) is 1.73. The highest BCUT2D eigenvalue weighted by Crippen LogP contribution is 2.18. The number of aliphatic hydroxyl groups is 1. The van der Waals surface area contributed by atoms with E-state index in [0.717, 1.165) is 31.7 Å². The Hall–Kier alpha value is -1.06. The van der Waals surface area contributed by atoms with E-state index in [9.17, 15) is 5.11 Å². The number of aryl methyl sites for hydroxylation is 1. The van der Waals surface area contributed by atoms with Crippen molar-refractivity contribution < 1.29 is 9.84 Å². The van der Waals surface area contributed by atoms with Crippen molar-refractivity contribution in [2.45, 2.75) is 25.9 Å². The molecule has 0 bridgehead atoms. The van der Waals surface area contributed by atoms with Crippen LogP contribution in [0, 0.1) is 12.8 Å². The van der Waals surface area contributed by atoms with Gasteiger partial charge in [0.05, 0.1) is 6.10 Å². The summed E-state index contributed by atoms with van der Waals surface area (Å²) in [5.74, 6) is 1.21. The molecule has 3 nitrogen and oxygen atoms in total. The van der Waals surface area contributed by atoms with Gasteiger partial charge in [0.1, 0.15) is 12.4 Å². The lowest BCUT2D eigenvalue weighted by Crippen LogP contribution is -2.36. The molecule has 1 atom stereocenters. The first-order chi connectivity index (χ1) is 8.25. The Morgan fingerprint density at radius 2 is 1.94 bits per heavy atom. The quantitative estimate of drug-likeness (QED) is 0.835. The fourth-order valence-electron chi connectivity index (χ4n) is 2.18. The molecule has 2 rings (SSSR count). The van der Waals surface area contributed by atoms with Gasteiger partial charge in [-0.15, -0.1) is 0 Å². The maximum Gasteiger partial charge on any atom is 0.119 e. The summed E-state index contributed by atoms with van der Waals surface area (Å²) < 4.78 is 5.61. The lowest BCUT2D eigenvalue weighted by atomic mass is 9.93. The molecule has 0 amide bonds. The van der Waals surface area contributed by atoms with E-state index in [1.807, 2.05) is 31.2 Å². The van der Waals surface area contributed by atoms with Crippen LogP contribution in [0.1, 0.15) is 18.4 Å². The first-order valence-corrected chi connectivity index (χ1v) is 6.34. The molecule has 1 fully saturated rings. The molecule has 0 aromatic heterocycles. The van der Waals surface area contributed by atoms with E-state index in [-0.39, 0.29) is 6.10 Å². The third-order valence-corrected chi connectivity index (χ3v) is 3.37. The third-order valence-electron chi connectivity index (χ3n) is 3.37. The number of ether oxygens (including phenoxy) is 1. The number of aliphatic hydroxyl groups excluding tert-OH is 1. The van der Waals surface area contributed by atoms with Crippen LogP contribution in [0.5, 0.6) is 5.75 Å². The van der Waals surface area contributed by atoms with Gasteiger partial charge in [-0.25, -0.2) is 0 Å². The van der Waals surface area contributed by atoms with Gasteiger partial charge in [-0.2, -0.15) is 0 Å². The second kappa shape index (κ2) is 6.03. The van der Waals surface area contributed by atoms with E-state index in [0.29, 0.717) is 12.5 Å². The summed E-state index contributed by atoms with van der Waals surface area (Å²) in [5.41, 5.74) is 1.22. The van der Waals surface area contributed by atoms with Crippen LogP contribution < -0.4 is 10.1 Å². The van der Waals surface area contributed by atoms with Gasteiger partial charge in [0.25, 0.3) is 0 Å². The second-order valence-corrected chi connectivity index (χ2v) is 4.78. The van der Waals surface area contributed by atoms with Crippen LogP contribution in [0.2, 0.25) is 0 Å². The molecule has 0 aliphatic carbocycles. The highest BCUT2D eigenvalue weighted by molar-refractivity contribution is 5.26. The molecule has 17 heavy (non-hydrogen) atoms. The summed E-state index contributed by atoms with van der Waals surface area (Å²) >= 11 is 0. The van der Waals surface area contributed by atoms with Crippen LogP contribution in [0.3, 0.4) is 0 Å². The highest BCUT2D eigenvalue weighted by atomic mass is 16.5. The van der Waals surface area contributed by atoms with Crippen LogP contribution in [0.25, 0.3) is 0 Å². The van der Waals surface area contributed by atoms with Crippen molar-refractivity contribution in [2.75, 3.05) is 19.7 Å². The number of hydrogen-bond acceptors (Lipinski definition) is 3. The molecule has 1 aromatic carbocycles. The molecule has 1 heterocycles. The molecule has 1 saturated heterocycles. The smallest absolute Gasteiger partial charge is 0.119 e. The van der Waals surface area contributed by atoms with Crippen LogP contribution in [0.15, 0.2) is 24.3 Å². The normalized spacial score (nSPS) is 18.9. The van der Waals surface area contributed by atoms with Crippen LogP contribution in [0.4, 0.5) is 0 Å². The van der Waals surface area contributed by atoms with Crippen molar-refractivity contribution in [1.82, 2.24) is 5.32 Å². The van der Waals surface area contributed by atoms with Gasteiger partial charge in [0, 0.05) is 0 Å². The summed E-state index contributed by atoms with van der Waals surface area (Å²) in [5, 5.41) is 13.3. The molecule has 1 unspecified atom stereocenters. The van der Waals surface area contributed by atoms with Crippen molar-refractivity contribution in [2.24, 2.45) is 5.92 Å². The van der Waals surface area contributed by atoms with Crippen molar-refractivity contribution >= 4 is 0 Å². The summed E-state index contributed by atoms with van der Waals surface area (Å²) in [7, 11) is 0. The summed E-state index contributed by atoms with van der Waals surface area (Å²) in [4.78, 5) is 0. The Balaban J connectivity index is 1.78. The van der Waals surface area contributed by atoms with E-state index >= 15 is 0 Å². The Kier molecular flexibility index (Phi) is 4.40. The largest absolute Gasteiger partial charge is 0.491 e. The molecular weight excluding hydrogens is 214 g/mol. The maximum atomic E-state index is 10.0. The number of piperidine rings is 1. The Bertz CT molecular complexity index is 331. The second-order valence-electron chi connectivity index (χ2n) is 4.78. The molecule has 0 spiro atoms. The van der Waals surface area contributed by atoms with Gasteiger partial charge in [-0.05, 0) is 50.9 Å². The van der Waals surface area contributed by atoms with Crippen LogP contribution >= 0.6 is 0 Å². The summed E-state index contributed by atoms with van der Waals surface area (Å²) in [6.07, 6.45) is 1.73. The number of benzene rings is 1. The molecule has 94 valence electrons. The predicted molar refractivity (Wildman–Crippen MR) is 68.3 cm³/mol. The van der Waals surface area contributed by atoms with E-state index in [1.165, 1.54) is 5.56 Å². The maximum absolute atomic E-state index is 10.0. The van der Waals surface area contributed by atoms with E-state index in [4.69, 9.17) is 4.74 Å². The minimum Gasteiger partial charge on any atom is -0.491 e. The Morgan fingerprint density at radius 3 is 2.59 bits per heavy atom. The zero-order chi connectivity index (χ0) is 12.1. The molecule has 0 radical (unpaired) electrons. The molecule has 1 aliphatic heterocycles. The molecule has 3 heteroatoms. The minimum absolute atomic E-state index is 0.349. The minimum atomic E-state index is -0.349. The molecule has 1 aliphatic rings. The molecular formula is C14H21NO2. The zero-order valence-corrected chi connectivity index (χ0v) is 10.4. The fourth-order valence-corrected chi connectivity index (χ4v) is 2.18. The summed E-state index contributed by atoms with van der Waals surface area (Å²) in [6, 6.07) is 7.94. The van der Waals surface area contributed by atoms with E-state index in [1.54, 1.807) is 0 Å². The standard InChI is InChI=1S/C14H21NO2/c1-11-2-4-13(5-3-11)17-10-14(16)12-6-8-15-9-7-12/h2-5,12,14-16H,6-10H2,1H3. The molecule has 2 N–H and O–H groups in total. The van der Waals surface area contributed by atoms with E-state index in [2.05, 4.69) is 5.32 Å². The lowest BCUT2D eigenvalue weighted by Gasteiger charge is -2.27. The number of rotatable bonds is 4. The van der Waals surface area contributed by atoms with Crippen molar-refractivity contribution in [3.8, 4) is 5.75 Å². The third kappa shape index (κ3) is 3.72. The van der Waals surface area contributed by atoms with Crippen molar-refractivity contribution in [1.29, 1.82) is 0 Å². The highest BCUT2D eigenvalue weighted by Gasteiger charge is 2.21. The van der Waals surface area contributed by atoms with Gasteiger partial charge in [0.2, 0.25) is 0 Å². The van der Waals surface area contributed by atoms with Crippen molar-refractivity contribution in [3.63, 3.8) is 0 Å². The van der Waals surface area contributed by atoms with Gasteiger partial charge in [0.15, 0.2) is 0 Å². The SMILES string of the molecule is Cc1ccc(OCC(O)C2CCNCC2)cc1. The zero-order valence-electron chi connectivity index (χ0n) is 10.4. The molecule has 1 aromatic rings. The van der Waals surface area contributed by atoms with Crippen LogP contribution in [-0.4, -0.2) is 30.9 Å². The van der Waals surface area contributed by atoms with E-state index < -0.39 is 0 Å². The topological polar surface area (TPSA) is 41.5 Å². The van der Waals surface area contributed by atoms with Gasteiger partial charge in [-0.3, -0.25) is 0 Å². The number of hydrogen-bond donors (Lipinski definition) is 2.